The molecule has 0 aliphatic rings. The van der Waals surface area contributed by atoms with Crippen molar-refractivity contribution in [3.05, 3.63) is 35.4 Å². The van der Waals surface area contributed by atoms with E-state index in [2.05, 4.69) is 45.0 Å². The van der Waals surface area contributed by atoms with Crippen molar-refractivity contribution in [2.24, 2.45) is 5.73 Å². The highest BCUT2D eigenvalue weighted by Crippen LogP contribution is 2.23. The first-order valence-electron chi connectivity index (χ1n) is 5.85. The molecule has 16 heavy (non-hydrogen) atoms. The first-order valence-corrected chi connectivity index (χ1v) is 5.85. The lowest BCUT2D eigenvalue weighted by atomic mass is 9.88. The van der Waals surface area contributed by atoms with E-state index < -0.39 is 0 Å². The van der Waals surface area contributed by atoms with Crippen LogP contribution in [0.5, 0.6) is 0 Å². The van der Waals surface area contributed by atoms with Gasteiger partial charge in [0.2, 0.25) is 0 Å². The van der Waals surface area contributed by atoms with Crippen molar-refractivity contribution in [2.45, 2.75) is 38.6 Å². The van der Waals surface area contributed by atoms with E-state index in [-0.39, 0.29) is 5.54 Å². The molecule has 0 aromatic heterocycles. The minimum absolute atomic E-state index is 0.300. The largest absolute Gasteiger partial charge is 0.385 e. The van der Waals surface area contributed by atoms with Crippen LogP contribution in [-0.4, -0.2) is 13.7 Å². The molecule has 0 aliphatic carbocycles. The normalized spacial score (nSPS) is 15.1. The molecule has 0 fully saturated rings. The molecule has 2 heteroatoms. The summed E-state index contributed by atoms with van der Waals surface area (Å²) in [5.74, 6) is 0.567. The molecule has 90 valence electrons. The lowest BCUT2D eigenvalue weighted by Crippen LogP contribution is -2.34. The van der Waals surface area contributed by atoms with E-state index in [4.69, 9.17) is 10.5 Å². The topological polar surface area (TPSA) is 35.2 Å². The summed E-state index contributed by atoms with van der Waals surface area (Å²) in [6, 6.07) is 8.59. The smallest absolute Gasteiger partial charge is 0.0482 e. The van der Waals surface area contributed by atoms with Gasteiger partial charge in [0.1, 0.15) is 0 Å². The second-order valence-electron chi connectivity index (χ2n) is 4.94. The molecule has 1 unspecified atom stereocenters. The molecule has 2 N–H and O–H groups in total. The van der Waals surface area contributed by atoms with Crippen molar-refractivity contribution < 1.29 is 4.74 Å². The first kappa shape index (κ1) is 13.2. The van der Waals surface area contributed by atoms with Crippen molar-refractivity contribution in [3.8, 4) is 0 Å². The third-order valence-electron chi connectivity index (χ3n) is 3.06. The fourth-order valence-electron chi connectivity index (χ4n) is 1.71. The van der Waals surface area contributed by atoms with Crippen LogP contribution >= 0.6 is 0 Å². The van der Waals surface area contributed by atoms with Crippen molar-refractivity contribution in [2.75, 3.05) is 13.7 Å². The van der Waals surface area contributed by atoms with E-state index in [1.807, 2.05) is 0 Å². The van der Waals surface area contributed by atoms with Crippen LogP contribution in [0.3, 0.4) is 0 Å². The Morgan fingerprint density at radius 1 is 1.25 bits per heavy atom. The molecule has 1 aromatic rings. The maximum atomic E-state index is 6.27. The second-order valence-corrected chi connectivity index (χ2v) is 4.94. The van der Waals surface area contributed by atoms with Crippen molar-refractivity contribution >= 4 is 0 Å². The van der Waals surface area contributed by atoms with Crippen molar-refractivity contribution in [1.82, 2.24) is 0 Å². The van der Waals surface area contributed by atoms with E-state index >= 15 is 0 Å². The standard InChI is InChI=1S/C14H23NO/c1-11(2)12-5-7-13(8-6-12)14(3,15)9-10-16-4/h5-8,11H,9-10,15H2,1-4H3. The van der Waals surface area contributed by atoms with Gasteiger partial charge in [-0.25, -0.2) is 0 Å². The van der Waals surface area contributed by atoms with E-state index in [0.717, 1.165) is 6.42 Å². The summed E-state index contributed by atoms with van der Waals surface area (Å²) < 4.78 is 5.08. The highest BCUT2D eigenvalue weighted by molar-refractivity contribution is 5.29. The zero-order valence-electron chi connectivity index (χ0n) is 10.8. The molecule has 1 aromatic carbocycles. The van der Waals surface area contributed by atoms with Crippen LogP contribution in [0.1, 0.15) is 44.2 Å². The van der Waals surface area contributed by atoms with E-state index in [1.54, 1.807) is 7.11 Å². The van der Waals surface area contributed by atoms with Gasteiger partial charge in [-0.3, -0.25) is 0 Å². The highest BCUT2D eigenvalue weighted by Gasteiger charge is 2.20. The fourth-order valence-corrected chi connectivity index (χ4v) is 1.71. The Morgan fingerprint density at radius 3 is 2.25 bits per heavy atom. The number of benzene rings is 1. The Hall–Kier alpha value is -0.860. The Bertz CT molecular complexity index is 314. The third kappa shape index (κ3) is 3.32. The lowest BCUT2D eigenvalue weighted by molar-refractivity contribution is 0.172. The second kappa shape index (κ2) is 5.46. The van der Waals surface area contributed by atoms with Gasteiger partial charge in [0.15, 0.2) is 0 Å². The molecule has 0 heterocycles. The number of ether oxygens (including phenoxy) is 1. The Balaban J connectivity index is 2.79. The molecule has 0 spiro atoms. The van der Waals surface area contributed by atoms with Gasteiger partial charge in [0.25, 0.3) is 0 Å². The van der Waals surface area contributed by atoms with Crippen LogP contribution in [0, 0.1) is 0 Å². The quantitative estimate of drug-likeness (QED) is 0.829. The van der Waals surface area contributed by atoms with Crippen LogP contribution in [0.15, 0.2) is 24.3 Å². The van der Waals surface area contributed by atoms with Gasteiger partial charge in [-0.15, -0.1) is 0 Å². The van der Waals surface area contributed by atoms with Crippen molar-refractivity contribution in [3.63, 3.8) is 0 Å². The van der Waals surface area contributed by atoms with Crippen molar-refractivity contribution in [1.29, 1.82) is 0 Å². The van der Waals surface area contributed by atoms with Crippen LogP contribution in [0.25, 0.3) is 0 Å². The van der Waals surface area contributed by atoms with Crippen LogP contribution in [0.2, 0.25) is 0 Å². The summed E-state index contributed by atoms with van der Waals surface area (Å²) in [4.78, 5) is 0. The minimum Gasteiger partial charge on any atom is -0.385 e. The fraction of sp³-hybridized carbons (Fsp3) is 0.571. The van der Waals surface area contributed by atoms with E-state index in [0.29, 0.717) is 12.5 Å². The Kier molecular flexibility index (Phi) is 4.51. The molecule has 1 rings (SSSR count). The number of methoxy groups -OCH3 is 1. The summed E-state index contributed by atoms with van der Waals surface area (Å²) in [7, 11) is 1.71. The molecule has 0 amide bonds. The van der Waals surface area contributed by atoms with Crippen LogP contribution in [-0.2, 0) is 10.3 Å². The molecule has 2 nitrogen and oxygen atoms in total. The predicted octanol–water partition coefficient (Wildman–Crippen LogP) is 3.02. The first-order chi connectivity index (χ1) is 7.47. The number of rotatable bonds is 5. The molecule has 1 atom stereocenters. The molecule has 0 saturated carbocycles. The monoisotopic (exact) mass is 221 g/mol. The number of hydrogen-bond acceptors (Lipinski definition) is 2. The molecule has 0 bridgehead atoms. The van der Waals surface area contributed by atoms with Gasteiger partial charge in [0.05, 0.1) is 0 Å². The van der Waals surface area contributed by atoms with Crippen LogP contribution < -0.4 is 5.73 Å². The molecular weight excluding hydrogens is 198 g/mol. The van der Waals surface area contributed by atoms with Gasteiger partial charge >= 0.3 is 0 Å². The summed E-state index contributed by atoms with van der Waals surface area (Å²) >= 11 is 0. The average molecular weight is 221 g/mol. The van der Waals surface area contributed by atoms with Gasteiger partial charge < -0.3 is 10.5 Å². The van der Waals surface area contributed by atoms with Gasteiger partial charge in [-0.2, -0.15) is 0 Å². The highest BCUT2D eigenvalue weighted by atomic mass is 16.5. The summed E-state index contributed by atoms with van der Waals surface area (Å²) in [6.45, 7) is 7.14. The maximum Gasteiger partial charge on any atom is 0.0482 e. The molecule has 0 radical (unpaired) electrons. The van der Waals surface area contributed by atoms with E-state index in [9.17, 15) is 0 Å². The number of nitrogens with two attached hydrogens (primary N) is 1. The zero-order chi connectivity index (χ0) is 12.2. The molecule has 0 saturated heterocycles. The van der Waals surface area contributed by atoms with Gasteiger partial charge in [-0.05, 0) is 30.4 Å². The summed E-state index contributed by atoms with van der Waals surface area (Å²) in [5.41, 5.74) is 8.50. The predicted molar refractivity (Wildman–Crippen MR) is 68.6 cm³/mol. The Morgan fingerprint density at radius 2 is 1.81 bits per heavy atom. The van der Waals surface area contributed by atoms with Crippen LogP contribution in [0.4, 0.5) is 0 Å². The van der Waals surface area contributed by atoms with Gasteiger partial charge in [-0.1, -0.05) is 38.1 Å². The summed E-state index contributed by atoms with van der Waals surface area (Å²) in [6.07, 6.45) is 0.838. The lowest BCUT2D eigenvalue weighted by Gasteiger charge is -2.25. The molecule has 0 aliphatic heterocycles. The SMILES string of the molecule is COCCC(C)(N)c1ccc(C(C)C)cc1. The van der Waals surface area contributed by atoms with E-state index in [1.165, 1.54) is 11.1 Å². The average Bonchev–Trinajstić information content (AvgIpc) is 2.26. The number of hydrogen-bond donors (Lipinski definition) is 1. The minimum atomic E-state index is -0.300. The molecular formula is C14H23NO. The maximum absolute atomic E-state index is 6.27. The summed E-state index contributed by atoms with van der Waals surface area (Å²) in [5, 5.41) is 0. The zero-order valence-corrected chi connectivity index (χ0v) is 10.8. The third-order valence-corrected chi connectivity index (χ3v) is 3.06. The Labute approximate surface area is 98.8 Å². The van der Waals surface area contributed by atoms with Gasteiger partial charge in [0, 0.05) is 19.3 Å².